The molecule has 0 unspecified atom stereocenters. The highest BCUT2D eigenvalue weighted by Crippen LogP contribution is 2.29. The van der Waals surface area contributed by atoms with Crippen LogP contribution in [0.25, 0.3) is 0 Å². The standard InChI is InChI=1S/C24H41N3O/c28-24(22-10-2-3-11-22)27(18-17-25-14-6-1-7-15-25)20-21-9-8-16-26(19-21)23-12-4-5-13-23/h10,21,23H,1-9,11-20H2/t21-/m0/s1. The van der Waals surface area contributed by atoms with Gasteiger partial charge in [0.25, 0.3) is 0 Å². The lowest BCUT2D eigenvalue weighted by atomic mass is 9.95. The highest BCUT2D eigenvalue weighted by Gasteiger charge is 2.30. The molecule has 4 heteroatoms. The Bertz CT molecular complexity index is 534. The molecule has 0 aromatic heterocycles. The quantitative estimate of drug-likeness (QED) is 0.659. The van der Waals surface area contributed by atoms with Crippen molar-refractivity contribution < 1.29 is 4.79 Å². The summed E-state index contributed by atoms with van der Waals surface area (Å²) in [5.41, 5.74) is 1.10. The normalized spacial score (nSPS) is 27.9. The molecule has 0 spiro atoms. The van der Waals surface area contributed by atoms with Gasteiger partial charge in [0.15, 0.2) is 0 Å². The number of likely N-dealkylation sites (tertiary alicyclic amines) is 2. The summed E-state index contributed by atoms with van der Waals surface area (Å²) in [4.78, 5) is 20.8. The van der Waals surface area contributed by atoms with E-state index in [0.29, 0.717) is 11.8 Å². The molecule has 2 aliphatic carbocycles. The zero-order valence-electron chi connectivity index (χ0n) is 17.9. The molecule has 28 heavy (non-hydrogen) atoms. The molecule has 0 aromatic carbocycles. The number of nitrogens with zero attached hydrogens (tertiary/aromatic N) is 3. The van der Waals surface area contributed by atoms with Crippen LogP contribution in [0, 0.1) is 5.92 Å². The lowest BCUT2D eigenvalue weighted by molar-refractivity contribution is -0.128. The van der Waals surface area contributed by atoms with Crippen LogP contribution in [0.2, 0.25) is 0 Å². The zero-order chi connectivity index (χ0) is 19.2. The Balaban J connectivity index is 1.35. The van der Waals surface area contributed by atoms with Gasteiger partial charge in [-0.15, -0.1) is 0 Å². The number of amides is 1. The molecule has 1 amide bonds. The van der Waals surface area contributed by atoms with Crippen molar-refractivity contribution in [3.8, 4) is 0 Å². The summed E-state index contributed by atoms with van der Waals surface area (Å²) in [6.45, 7) is 7.93. The van der Waals surface area contributed by atoms with E-state index in [9.17, 15) is 4.79 Å². The summed E-state index contributed by atoms with van der Waals surface area (Å²) in [6, 6.07) is 0.831. The Kier molecular flexibility index (Phi) is 7.47. The van der Waals surface area contributed by atoms with Crippen LogP contribution in [-0.4, -0.2) is 72.5 Å². The number of hydrogen-bond acceptors (Lipinski definition) is 3. The van der Waals surface area contributed by atoms with E-state index >= 15 is 0 Å². The number of piperidine rings is 2. The van der Waals surface area contributed by atoms with Gasteiger partial charge in [0, 0.05) is 37.8 Å². The van der Waals surface area contributed by atoms with E-state index in [4.69, 9.17) is 0 Å². The molecule has 0 aromatic rings. The van der Waals surface area contributed by atoms with E-state index in [1.807, 2.05) is 0 Å². The van der Waals surface area contributed by atoms with Crippen molar-refractivity contribution in [3.05, 3.63) is 11.6 Å². The van der Waals surface area contributed by atoms with Crippen LogP contribution >= 0.6 is 0 Å². The molecule has 158 valence electrons. The third-order valence-electron chi connectivity index (χ3n) is 7.61. The molecule has 3 fully saturated rings. The van der Waals surface area contributed by atoms with Gasteiger partial charge in [0.1, 0.15) is 0 Å². The molecule has 1 atom stereocenters. The van der Waals surface area contributed by atoms with Crippen molar-refractivity contribution in [2.45, 2.75) is 83.1 Å². The van der Waals surface area contributed by atoms with E-state index in [2.05, 4.69) is 20.8 Å². The second kappa shape index (κ2) is 10.2. The Labute approximate surface area is 172 Å². The van der Waals surface area contributed by atoms with Crippen molar-refractivity contribution in [2.75, 3.05) is 45.8 Å². The average molecular weight is 388 g/mol. The highest BCUT2D eigenvalue weighted by molar-refractivity contribution is 5.93. The van der Waals surface area contributed by atoms with Crippen LogP contribution in [0.4, 0.5) is 0 Å². The molecule has 2 saturated heterocycles. The summed E-state index contributed by atoms with van der Waals surface area (Å²) in [5, 5.41) is 0. The van der Waals surface area contributed by atoms with Crippen molar-refractivity contribution in [1.29, 1.82) is 0 Å². The predicted molar refractivity (Wildman–Crippen MR) is 115 cm³/mol. The fraction of sp³-hybridized carbons (Fsp3) is 0.875. The minimum atomic E-state index is 0.354. The topological polar surface area (TPSA) is 26.8 Å². The van der Waals surface area contributed by atoms with Crippen molar-refractivity contribution in [3.63, 3.8) is 0 Å². The summed E-state index contributed by atoms with van der Waals surface area (Å²) in [6.07, 6.45) is 17.8. The van der Waals surface area contributed by atoms with E-state index in [1.54, 1.807) is 0 Å². The minimum Gasteiger partial charge on any atom is -0.337 e. The largest absolute Gasteiger partial charge is 0.337 e. The fourth-order valence-corrected chi connectivity index (χ4v) is 5.95. The number of rotatable bonds is 7. The molecule has 4 nitrogen and oxygen atoms in total. The maximum Gasteiger partial charge on any atom is 0.249 e. The Morgan fingerprint density at radius 1 is 0.964 bits per heavy atom. The fourth-order valence-electron chi connectivity index (χ4n) is 5.95. The van der Waals surface area contributed by atoms with Gasteiger partial charge in [-0.25, -0.2) is 0 Å². The van der Waals surface area contributed by atoms with Gasteiger partial charge >= 0.3 is 0 Å². The number of carbonyl (C=O) groups excluding carboxylic acids is 1. The van der Waals surface area contributed by atoms with E-state index in [1.165, 1.54) is 90.4 Å². The van der Waals surface area contributed by atoms with Gasteiger partial charge < -0.3 is 14.7 Å². The van der Waals surface area contributed by atoms with E-state index < -0.39 is 0 Å². The lowest BCUT2D eigenvalue weighted by Crippen LogP contribution is -2.48. The first-order valence-electron chi connectivity index (χ1n) is 12.2. The molecule has 0 radical (unpaired) electrons. The molecule has 2 heterocycles. The van der Waals surface area contributed by atoms with Crippen LogP contribution < -0.4 is 0 Å². The van der Waals surface area contributed by atoms with Gasteiger partial charge in [-0.3, -0.25) is 4.79 Å². The highest BCUT2D eigenvalue weighted by atomic mass is 16.2. The molecular formula is C24H41N3O. The van der Waals surface area contributed by atoms with Gasteiger partial charge in [0.2, 0.25) is 5.91 Å². The number of carbonyl (C=O) groups is 1. The summed E-state index contributed by atoms with van der Waals surface area (Å²) in [7, 11) is 0. The van der Waals surface area contributed by atoms with Gasteiger partial charge in [-0.1, -0.05) is 25.3 Å². The first-order valence-corrected chi connectivity index (χ1v) is 12.2. The van der Waals surface area contributed by atoms with Crippen LogP contribution in [0.5, 0.6) is 0 Å². The van der Waals surface area contributed by atoms with Crippen LogP contribution in [0.15, 0.2) is 11.6 Å². The van der Waals surface area contributed by atoms with Crippen molar-refractivity contribution >= 4 is 5.91 Å². The number of allylic oxidation sites excluding steroid dienone is 1. The Morgan fingerprint density at radius 3 is 2.54 bits per heavy atom. The van der Waals surface area contributed by atoms with Crippen molar-refractivity contribution in [2.24, 2.45) is 5.92 Å². The zero-order valence-corrected chi connectivity index (χ0v) is 17.9. The molecule has 4 rings (SSSR count). The summed E-state index contributed by atoms with van der Waals surface area (Å²) >= 11 is 0. The third-order valence-corrected chi connectivity index (χ3v) is 7.61. The second-order valence-corrected chi connectivity index (χ2v) is 9.72. The maximum atomic E-state index is 13.3. The predicted octanol–water partition coefficient (Wildman–Crippen LogP) is 4.07. The van der Waals surface area contributed by atoms with Crippen LogP contribution in [0.1, 0.15) is 77.0 Å². The molecule has 0 N–H and O–H groups in total. The van der Waals surface area contributed by atoms with Gasteiger partial charge in [-0.2, -0.15) is 0 Å². The smallest absolute Gasteiger partial charge is 0.249 e. The monoisotopic (exact) mass is 387 g/mol. The molecule has 1 saturated carbocycles. The molecular weight excluding hydrogens is 346 g/mol. The van der Waals surface area contributed by atoms with Gasteiger partial charge in [-0.05, 0) is 83.3 Å². The first kappa shape index (κ1) is 20.4. The second-order valence-electron chi connectivity index (χ2n) is 9.72. The molecule has 2 aliphatic heterocycles. The third kappa shape index (κ3) is 5.38. The lowest BCUT2D eigenvalue weighted by Gasteiger charge is -2.39. The van der Waals surface area contributed by atoms with Crippen LogP contribution in [-0.2, 0) is 4.79 Å². The average Bonchev–Trinajstić information content (AvgIpc) is 3.46. The molecule has 4 aliphatic rings. The van der Waals surface area contributed by atoms with Crippen molar-refractivity contribution in [1.82, 2.24) is 14.7 Å². The molecule has 0 bridgehead atoms. The maximum absolute atomic E-state index is 13.3. The summed E-state index contributed by atoms with van der Waals surface area (Å²) < 4.78 is 0. The van der Waals surface area contributed by atoms with Crippen LogP contribution in [0.3, 0.4) is 0 Å². The number of hydrogen-bond donors (Lipinski definition) is 0. The SMILES string of the molecule is O=C(C1=CCCC1)N(CCN1CCCCC1)C[C@H]1CCCN(C2CCCC2)C1. The Morgan fingerprint density at radius 2 is 1.79 bits per heavy atom. The van der Waals surface area contributed by atoms with Gasteiger partial charge in [0.05, 0.1) is 0 Å². The summed E-state index contributed by atoms with van der Waals surface area (Å²) in [5.74, 6) is 1.02. The minimum absolute atomic E-state index is 0.354. The Hall–Kier alpha value is -0.870. The van der Waals surface area contributed by atoms with E-state index in [-0.39, 0.29) is 0 Å². The first-order chi connectivity index (χ1) is 13.8. The van der Waals surface area contributed by atoms with E-state index in [0.717, 1.165) is 44.1 Å².